The minimum absolute atomic E-state index is 0.806. The van der Waals surface area contributed by atoms with Crippen LogP contribution < -0.4 is 0 Å². The van der Waals surface area contributed by atoms with Crippen molar-refractivity contribution in [2.24, 2.45) is 5.92 Å². The van der Waals surface area contributed by atoms with E-state index in [9.17, 15) is 0 Å². The number of hydrogen-bond donors (Lipinski definition) is 0. The molecular formula is C7H9I. The van der Waals surface area contributed by atoms with Crippen LogP contribution in [0, 0.1) is 5.92 Å². The molecule has 1 aliphatic carbocycles. The molecule has 0 bridgehead atoms. The van der Waals surface area contributed by atoms with Crippen molar-refractivity contribution in [1.29, 1.82) is 0 Å². The summed E-state index contributed by atoms with van der Waals surface area (Å²) in [4.78, 5) is 0. The molecule has 0 aliphatic heterocycles. The van der Waals surface area contributed by atoms with E-state index in [0.29, 0.717) is 0 Å². The summed E-state index contributed by atoms with van der Waals surface area (Å²) >= 11 is 2.42. The Kier molecular flexibility index (Phi) is 2.59. The molecule has 0 aromatic heterocycles. The Morgan fingerprint density at radius 1 is 1.50 bits per heavy atom. The summed E-state index contributed by atoms with van der Waals surface area (Å²) in [5.74, 6) is 0.806. The lowest BCUT2D eigenvalue weighted by Crippen LogP contribution is -1.96. The Balaban J connectivity index is 2.40. The zero-order chi connectivity index (χ0) is 5.82. The van der Waals surface area contributed by atoms with Gasteiger partial charge in [-0.3, -0.25) is 0 Å². The molecule has 0 aromatic carbocycles. The van der Waals surface area contributed by atoms with Crippen molar-refractivity contribution < 1.29 is 0 Å². The first-order valence-electron chi connectivity index (χ1n) is 2.83. The van der Waals surface area contributed by atoms with Crippen LogP contribution >= 0.6 is 22.6 Å². The Labute approximate surface area is 63.8 Å². The van der Waals surface area contributed by atoms with Crippen molar-refractivity contribution in [3.8, 4) is 0 Å². The molecule has 8 heavy (non-hydrogen) atoms. The van der Waals surface area contributed by atoms with Gasteiger partial charge >= 0.3 is 0 Å². The summed E-state index contributed by atoms with van der Waals surface area (Å²) in [5.41, 5.74) is 0. The highest BCUT2D eigenvalue weighted by Gasteiger charge is 2.00. The maximum absolute atomic E-state index is 2.42. The first-order chi connectivity index (χ1) is 3.93. The lowest BCUT2D eigenvalue weighted by Gasteiger charge is -2.06. The van der Waals surface area contributed by atoms with Gasteiger partial charge in [0.15, 0.2) is 0 Å². The predicted octanol–water partition coefficient (Wildman–Crippen LogP) is 2.55. The second-order valence-electron chi connectivity index (χ2n) is 1.96. The van der Waals surface area contributed by atoms with Crippen LogP contribution in [-0.4, -0.2) is 4.43 Å². The van der Waals surface area contributed by atoms with Crippen LogP contribution in [0.4, 0.5) is 0 Å². The molecule has 0 saturated carbocycles. The van der Waals surface area contributed by atoms with Crippen LogP contribution in [0.5, 0.6) is 0 Å². The van der Waals surface area contributed by atoms with E-state index in [2.05, 4.69) is 46.9 Å². The second-order valence-corrected chi connectivity index (χ2v) is 2.84. The summed E-state index contributed by atoms with van der Waals surface area (Å²) in [6, 6.07) is 0. The Bertz CT molecular complexity index is 114. The standard InChI is InChI=1S/C7H9I/c8-6-7-4-2-1-3-5-7/h1-4,7H,5-6H2. The minimum atomic E-state index is 0.806. The number of hydrogen-bond acceptors (Lipinski definition) is 0. The summed E-state index contributed by atoms with van der Waals surface area (Å²) in [5, 5.41) is 0. The Hall–Kier alpha value is 0.210. The molecule has 1 atom stereocenters. The highest BCUT2D eigenvalue weighted by Crippen LogP contribution is 2.13. The normalized spacial score (nSPS) is 26.4. The molecule has 0 amide bonds. The maximum Gasteiger partial charge on any atom is 0.00614 e. The van der Waals surface area contributed by atoms with E-state index < -0.39 is 0 Å². The molecule has 1 unspecified atom stereocenters. The highest BCUT2D eigenvalue weighted by molar-refractivity contribution is 14.1. The van der Waals surface area contributed by atoms with Gasteiger partial charge in [0.05, 0.1) is 0 Å². The number of allylic oxidation sites excluding steroid dienone is 4. The van der Waals surface area contributed by atoms with Gasteiger partial charge in [-0.05, 0) is 12.3 Å². The average molecular weight is 220 g/mol. The molecule has 0 heterocycles. The first-order valence-corrected chi connectivity index (χ1v) is 4.35. The molecule has 44 valence electrons. The summed E-state index contributed by atoms with van der Waals surface area (Å²) in [7, 11) is 0. The molecule has 0 aromatic rings. The van der Waals surface area contributed by atoms with E-state index in [0.717, 1.165) is 5.92 Å². The molecule has 0 N–H and O–H groups in total. The fourth-order valence-electron chi connectivity index (χ4n) is 0.746. The third-order valence-corrected chi connectivity index (χ3v) is 2.40. The summed E-state index contributed by atoms with van der Waals surface area (Å²) in [6.07, 6.45) is 9.98. The molecule has 1 heteroatoms. The lowest BCUT2D eigenvalue weighted by molar-refractivity contribution is 0.761. The van der Waals surface area contributed by atoms with E-state index in [1.807, 2.05) is 0 Å². The molecular weight excluding hydrogens is 211 g/mol. The van der Waals surface area contributed by atoms with Crippen molar-refractivity contribution in [2.45, 2.75) is 6.42 Å². The Morgan fingerprint density at radius 2 is 2.38 bits per heavy atom. The summed E-state index contributed by atoms with van der Waals surface area (Å²) in [6.45, 7) is 0. The van der Waals surface area contributed by atoms with Crippen LogP contribution in [-0.2, 0) is 0 Å². The fraction of sp³-hybridized carbons (Fsp3) is 0.429. The van der Waals surface area contributed by atoms with Gasteiger partial charge in [0.1, 0.15) is 0 Å². The quantitative estimate of drug-likeness (QED) is 0.470. The van der Waals surface area contributed by atoms with E-state index in [-0.39, 0.29) is 0 Å². The van der Waals surface area contributed by atoms with Crippen molar-refractivity contribution in [2.75, 3.05) is 4.43 Å². The van der Waals surface area contributed by atoms with Crippen molar-refractivity contribution in [1.82, 2.24) is 0 Å². The van der Waals surface area contributed by atoms with Gasteiger partial charge in [-0.2, -0.15) is 0 Å². The van der Waals surface area contributed by atoms with E-state index in [1.54, 1.807) is 0 Å². The van der Waals surface area contributed by atoms with Gasteiger partial charge in [0, 0.05) is 4.43 Å². The average Bonchev–Trinajstić information content (AvgIpc) is 1.90. The second kappa shape index (κ2) is 3.28. The maximum atomic E-state index is 2.42. The number of halogens is 1. The predicted molar refractivity (Wildman–Crippen MR) is 45.3 cm³/mol. The number of alkyl halides is 1. The Morgan fingerprint density at radius 3 is 2.75 bits per heavy atom. The van der Waals surface area contributed by atoms with Crippen LogP contribution in [0.1, 0.15) is 6.42 Å². The van der Waals surface area contributed by atoms with Crippen molar-refractivity contribution in [3.05, 3.63) is 24.3 Å². The molecule has 0 fully saturated rings. The third-order valence-electron chi connectivity index (χ3n) is 1.27. The van der Waals surface area contributed by atoms with Gasteiger partial charge in [-0.25, -0.2) is 0 Å². The lowest BCUT2D eigenvalue weighted by atomic mass is 10.0. The van der Waals surface area contributed by atoms with E-state index >= 15 is 0 Å². The molecule has 0 spiro atoms. The topological polar surface area (TPSA) is 0 Å². The van der Waals surface area contributed by atoms with Gasteiger partial charge < -0.3 is 0 Å². The molecule has 1 rings (SSSR count). The highest BCUT2D eigenvalue weighted by atomic mass is 127. The molecule has 1 aliphatic rings. The SMILES string of the molecule is ICC1C=CC=CC1. The zero-order valence-corrected chi connectivity index (χ0v) is 6.84. The van der Waals surface area contributed by atoms with Crippen LogP contribution in [0.3, 0.4) is 0 Å². The van der Waals surface area contributed by atoms with Gasteiger partial charge in [-0.15, -0.1) is 0 Å². The molecule has 0 nitrogen and oxygen atoms in total. The van der Waals surface area contributed by atoms with Gasteiger partial charge in [0.2, 0.25) is 0 Å². The largest absolute Gasteiger partial charge is 0.0857 e. The van der Waals surface area contributed by atoms with Crippen LogP contribution in [0.2, 0.25) is 0 Å². The van der Waals surface area contributed by atoms with Gasteiger partial charge in [0.25, 0.3) is 0 Å². The smallest absolute Gasteiger partial charge is 0.00614 e. The first kappa shape index (κ1) is 6.33. The van der Waals surface area contributed by atoms with Crippen LogP contribution in [0.25, 0.3) is 0 Å². The van der Waals surface area contributed by atoms with Crippen molar-refractivity contribution >= 4 is 22.6 Å². The molecule has 0 radical (unpaired) electrons. The third kappa shape index (κ3) is 1.62. The van der Waals surface area contributed by atoms with Crippen molar-refractivity contribution in [3.63, 3.8) is 0 Å². The van der Waals surface area contributed by atoms with E-state index in [4.69, 9.17) is 0 Å². The van der Waals surface area contributed by atoms with Gasteiger partial charge in [-0.1, -0.05) is 46.9 Å². The van der Waals surface area contributed by atoms with E-state index in [1.165, 1.54) is 10.8 Å². The minimum Gasteiger partial charge on any atom is -0.0857 e. The van der Waals surface area contributed by atoms with Crippen LogP contribution in [0.15, 0.2) is 24.3 Å². The molecule has 0 saturated heterocycles. The number of rotatable bonds is 1. The monoisotopic (exact) mass is 220 g/mol. The fourth-order valence-corrected chi connectivity index (χ4v) is 1.40. The zero-order valence-electron chi connectivity index (χ0n) is 4.68. The summed E-state index contributed by atoms with van der Waals surface area (Å²) < 4.78 is 1.25.